The highest BCUT2D eigenvalue weighted by molar-refractivity contribution is 5.68. The molecular formula is C16H25N5. The summed E-state index contributed by atoms with van der Waals surface area (Å²) in [5.74, 6) is 2.45. The zero-order chi connectivity index (χ0) is 15.4. The van der Waals surface area contributed by atoms with Gasteiger partial charge in [0.15, 0.2) is 0 Å². The molecule has 0 atom stereocenters. The molecule has 2 aromatic heterocycles. The molecule has 5 heteroatoms. The van der Waals surface area contributed by atoms with Gasteiger partial charge in [-0.15, -0.1) is 0 Å². The molecule has 114 valence electrons. The third-order valence-electron chi connectivity index (χ3n) is 4.02. The van der Waals surface area contributed by atoms with E-state index in [1.165, 1.54) is 12.8 Å². The summed E-state index contributed by atoms with van der Waals surface area (Å²) in [6.45, 7) is 10.8. The molecule has 0 amide bonds. The van der Waals surface area contributed by atoms with Crippen LogP contribution in [-0.2, 0) is 5.54 Å². The monoisotopic (exact) mass is 287 g/mol. The van der Waals surface area contributed by atoms with Gasteiger partial charge in [0, 0.05) is 17.5 Å². The van der Waals surface area contributed by atoms with Crippen LogP contribution in [0.25, 0.3) is 11.4 Å². The van der Waals surface area contributed by atoms with Gasteiger partial charge in [-0.3, -0.25) is 0 Å². The van der Waals surface area contributed by atoms with E-state index < -0.39 is 0 Å². The molecule has 2 heterocycles. The second-order valence-corrected chi connectivity index (χ2v) is 7.26. The Morgan fingerprint density at radius 3 is 2.48 bits per heavy atom. The number of imidazole rings is 2. The molecule has 0 bridgehead atoms. The van der Waals surface area contributed by atoms with Crippen LogP contribution in [0.15, 0.2) is 12.5 Å². The van der Waals surface area contributed by atoms with E-state index in [9.17, 15) is 0 Å². The van der Waals surface area contributed by atoms with Gasteiger partial charge in [0.1, 0.15) is 17.3 Å². The fraction of sp³-hybridized carbons (Fsp3) is 0.625. The summed E-state index contributed by atoms with van der Waals surface area (Å²) in [4.78, 5) is 9.18. The first-order chi connectivity index (χ1) is 9.80. The Bertz CT molecular complexity index is 653. The molecule has 0 unspecified atom stereocenters. The Morgan fingerprint density at radius 2 is 1.95 bits per heavy atom. The van der Waals surface area contributed by atoms with Crippen LogP contribution in [-0.4, -0.2) is 19.1 Å². The second kappa shape index (κ2) is 4.61. The van der Waals surface area contributed by atoms with E-state index in [0.29, 0.717) is 12.0 Å². The molecule has 0 spiro atoms. The smallest absolute Gasteiger partial charge is 0.133 e. The number of aromatic nitrogens is 4. The molecule has 0 saturated heterocycles. The molecule has 0 aromatic carbocycles. The van der Waals surface area contributed by atoms with Gasteiger partial charge in [-0.05, 0) is 47.5 Å². The van der Waals surface area contributed by atoms with Crippen LogP contribution in [0, 0.1) is 0 Å². The number of hydrogen-bond acceptors (Lipinski definition) is 3. The van der Waals surface area contributed by atoms with E-state index in [0.717, 1.165) is 23.0 Å². The topological polar surface area (TPSA) is 61.7 Å². The number of anilines is 1. The van der Waals surface area contributed by atoms with Gasteiger partial charge in [0.2, 0.25) is 0 Å². The zero-order valence-corrected chi connectivity index (χ0v) is 13.6. The molecular weight excluding hydrogens is 262 g/mol. The summed E-state index contributed by atoms with van der Waals surface area (Å²) in [5.41, 5.74) is 8.30. The van der Waals surface area contributed by atoms with Gasteiger partial charge in [-0.1, -0.05) is 0 Å². The lowest BCUT2D eigenvalue weighted by molar-refractivity contribution is 0.388. The van der Waals surface area contributed by atoms with Gasteiger partial charge in [-0.2, -0.15) is 0 Å². The first kappa shape index (κ1) is 14.2. The van der Waals surface area contributed by atoms with E-state index in [2.05, 4.69) is 48.7 Å². The summed E-state index contributed by atoms with van der Waals surface area (Å²) >= 11 is 0. The minimum atomic E-state index is -0.0596. The normalized spacial score (nSPS) is 15.9. The van der Waals surface area contributed by atoms with Gasteiger partial charge in [0.05, 0.1) is 18.2 Å². The number of nitrogens with zero attached hydrogens (tertiary/aromatic N) is 4. The third-order valence-corrected chi connectivity index (χ3v) is 4.02. The van der Waals surface area contributed by atoms with Gasteiger partial charge in [-0.25, -0.2) is 9.97 Å². The number of hydrogen-bond donors (Lipinski definition) is 1. The van der Waals surface area contributed by atoms with Gasteiger partial charge >= 0.3 is 0 Å². The standard InChI is InChI=1S/C16H25N5/c1-10(2)20-9-18-8-12(20)13-14(17)21(16(3,4)5)15(19-13)11-6-7-11/h8-11H,6-7,17H2,1-5H3. The summed E-state index contributed by atoms with van der Waals surface area (Å²) in [7, 11) is 0. The van der Waals surface area contributed by atoms with Crippen molar-refractivity contribution in [1.82, 2.24) is 19.1 Å². The lowest BCUT2D eigenvalue weighted by Crippen LogP contribution is -2.25. The van der Waals surface area contributed by atoms with Crippen molar-refractivity contribution < 1.29 is 0 Å². The van der Waals surface area contributed by atoms with Crippen molar-refractivity contribution in [1.29, 1.82) is 0 Å². The summed E-state index contributed by atoms with van der Waals surface area (Å²) < 4.78 is 4.33. The fourth-order valence-corrected chi connectivity index (χ4v) is 2.86. The Kier molecular flexibility index (Phi) is 3.11. The maximum absolute atomic E-state index is 6.48. The lowest BCUT2D eigenvalue weighted by atomic mass is 10.1. The van der Waals surface area contributed by atoms with Crippen LogP contribution < -0.4 is 5.73 Å². The van der Waals surface area contributed by atoms with Crippen molar-refractivity contribution in [3.05, 3.63) is 18.3 Å². The molecule has 1 saturated carbocycles. The lowest BCUT2D eigenvalue weighted by Gasteiger charge is -2.25. The van der Waals surface area contributed by atoms with Crippen molar-refractivity contribution in [2.45, 2.75) is 65.0 Å². The van der Waals surface area contributed by atoms with Crippen LogP contribution in [0.4, 0.5) is 5.82 Å². The number of nitrogens with two attached hydrogens (primary N) is 1. The molecule has 1 aliphatic carbocycles. The van der Waals surface area contributed by atoms with Crippen LogP contribution >= 0.6 is 0 Å². The third kappa shape index (κ3) is 2.34. The van der Waals surface area contributed by atoms with Crippen LogP contribution in [0.3, 0.4) is 0 Å². The summed E-state index contributed by atoms with van der Waals surface area (Å²) in [5, 5.41) is 0. The van der Waals surface area contributed by atoms with E-state index in [-0.39, 0.29) is 5.54 Å². The molecule has 0 radical (unpaired) electrons. The fourth-order valence-electron chi connectivity index (χ4n) is 2.86. The maximum Gasteiger partial charge on any atom is 0.133 e. The summed E-state index contributed by atoms with van der Waals surface area (Å²) in [6.07, 6.45) is 6.15. The van der Waals surface area contributed by atoms with Gasteiger partial charge in [0.25, 0.3) is 0 Å². The average Bonchev–Trinajstić information content (AvgIpc) is 2.97. The van der Waals surface area contributed by atoms with Crippen molar-refractivity contribution in [3.8, 4) is 11.4 Å². The molecule has 1 aliphatic rings. The molecule has 1 fully saturated rings. The first-order valence-electron chi connectivity index (χ1n) is 7.71. The van der Waals surface area contributed by atoms with E-state index in [4.69, 9.17) is 10.7 Å². The SMILES string of the molecule is CC(C)n1cncc1-c1nc(C2CC2)n(C(C)(C)C)c1N. The van der Waals surface area contributed by atoms with Crippen molar-refractivity contribution in [2.24, 2.45) is 0 Å². The van der Waals surface area contributed by atoms with Crippen molar-refractivity contribution in [3.63, 3.8) is 0 Å². The average molecular weight is 287 g/mol. The second-order valence-electron chi connectivity index (χ2n) is 7.26. The Balaban J connectivity index is 2.18. The zero-order valence-electron chi connectivity index (χ0n) is 13.6. The number of rotatable bonds is 3. The largest absolute Gasteiger partial charge is 0.383 e. The molecule has 3 rings (SSSR count). The highest BCUT2D eigenvalue weighted by atomic mass is 15.2. The predicted octanol–water partition coefficient (Wildman–Crippen LogP) is 3.54. The van der Waals surface area contributed by atoms with E-state index in [1.54, 1.807) is 0 Å². The van der Waals surface area contributed by atoms with Gasteiger partial charge < -0.3 is 14.9 Å². The molecule has 21 heavy (non-hydrogen) atoms. The predicted molar refractivity (Wildman–Crippen MR) is 85.2 cm³/mol. The van der Waals surface area contributed by atoms with Crippen molar-refractivity contribution >= 4 is 5.82 Å². The van der Waals surface area contributed by atoms with Crippen LogP contribution in [0.1, 0.15) is 65.2 Å². The first-order valence-corrected chi connectivity index (χ1v) is 7.71. The molecule has 5 nitrogen and oxygen atoms in total. The van der Waals surface area contributed by atoms with Crippen molar-refractivity contribution in [2.75, 3.05) is 5.73 Å². The van der Waals surface area contributed by atoms with Crippen LogP contribution in [0.5, 0.6) is 0 Å². The molecule has 2 N–H and O–H groups in total. The number of nitrogen functional groups attached to an aromatic ring is 1. The highest BCUT2D eigenvalue weighted by Crippen LogP contribution is 2.44. The minimum absolute atomic E-state index is 0.0596. The molecule has 0 aliphatic heterocycles. The quantitative estimate of drug-likeness (QED) is 0.939. The molecule has 2 aromatic rings. The Hall–Kier alpha value is -1.78. The van der Waals surface area contributed by atoms with E-state index >= 15 is 0 Å². The minimum Gasteiger partial charge on any atom is -0.383 e. The van der Waals surface area contributed by atoms with E-state index in [1.807, 2.05) is 12.5 Å². The summed E-state index contributed by atoms with van der Waals surface area (Å²) in [6, 6.07) is 0.339. The Labute approximate surface area is 126 Å². The Morgan fingerprint density at radius 1 is 1.29 bits per heavy atom. The van der Waals surface area contributed by atoms with Crippen LogP contribution in [0.2, 0.25) is 0 Å². The maximum atomic E-state index is 6.48. The highest BCUT2D eigenvalue weighted by Gasteiger charge is 2.35.